The summed E-state index contributed by atoms with van der Waals surface area (Å²) in [5, 5.41) is 6.57. The van der Waals surface area contributed by atoms with Crippen LogP contribution in [0.5, 0.6) is 5.75 Å². The van der Waals surface area contributed by atoms with Crippen molar-refractivity contribution in [2.24, 2.45) is 0 Å². The zero-order valence-corrected chi connectivity index (χ0v) is 20.6. The third-order valence-electron chi connectivity index (χ3n) is 6.71. The second kappa shape index (κ2) is 10.0. The van der Waals surface area contributed by atoms with Crippen LogP contribution in [0.25, 0.3) is 21.9 Å². The second-order valence-corrected chi connectivity index (χ2v) is 9.79. The van der Waals surface area contributed by atoms with E-state index in [1.54, 1.807) is 0 Å². The molecule has 4 aromatic rings. The summed E-state index contributed by atoms with van der Waals surface area (Å²) < 4.78 is 8.13. The van der Waals surface area contributed by atoms with Crippen LogP contribution in [-0.4, -0.2) is 51.7 Å². The van der Waals surface area contributed by atoms with Crippen molar-refractivity contribution in [1.82, 2.24) is 19.7 Å². The number of benzene rings is 2. The molecular weight excluding hydrogens is 436 g/mol. The van der Waals surface area contributed by atoms with Crippen LogP contribution in [0.2, 0.25) is 0 Å². The molecule has 3 heterocycles. The van der Waals surface area contributed by atoms with Gasteiger partial charge in [-0.2, -0.15) is 5.10 Å². The summed E-state index contributed by atoms with van der Waals surface area (Å²) in [5.74, 6) is 0.809. The molecular formula is C29H32N4O2. The van der Waals surface area contributed by atoms with Gasteiger partial charge in [0, 0.05) is 53.7 Å². The van der Waals surface area contributed by atoms with Gasteiger partial charge >= 0.3 is 0 Å². The topological polar surface area (TPSA) is 60.3 Å². The summed E-state index contributed by atoms with van der Waals surface area (Å²) in [6.07, 6.45) is 8.29. The fraction of sp³-hybridized carbons (Fsp3) is 0.345. The number of ether oxygens (including phenoxy) is 1. The van der Waals surface area contributed by atoms with Crippen molar-refractivity contribution in [3.63, 3.8) is 0 Å². The predicted molar refractivity (Wildman–Crippen MR) is 139 cm³/mol. The fourth-order valence-corrected chi connectivity index (χ4v) is 4.54. The lowest BCUT2D eigenvalue weighted by Gasteiger charge is -2.29. The van der Waals surface area contributed by atoms with Crippen molar-refractivity contribution >= 4 is 16.6 Å². The summed E-state index contributed by atoms with van der Waals surface area (Å²) in [6, 6.07) is 16.2. The summed E-state index contributed by atoms with van der Waals surface area (Å²) in [5.41, 5.74) is 3.61. The summed E-state index contributed by atoms with van der Waals surface area (Å²) in [4.78, 5) is 19.9. The molecule has 0 aliphatic carbocycles. The van der Waals surface area contributed by atoms with Gasteiger partial charge in [0.2, 0.25) is 0 Å². The minimum absolute atomic E-state index is 0.0417. The lowest BCUT2D eigenvalue weighted by atomic mass is 10.0. The average molecular weight is 469 g/mol. The van der Waals surface area contributed by atoms with Crippen molar-refractivity contribution < 1.29 is 9.53 Å². The van der Waals surface area contributed by atoms with Crippen LogP contribution in [0.4, 0.5) is 0 Å². The highest BCUT2D eigenvalue weighted by molar-refractivity contribution is 5.98. The third kappa shape index (κ3) is 5.43. The van der Waals surface area contributed by atoms with Crippen LogP contribution in [0.3, 0.4) is 0 Å². The van der Waals surface area contributed by atoms with Gasteiger partial charge in [-0.05, 0) is 69.0 Å². The Balaban J connectivity index is 1.31. The summed E-state index contributed by atoms with van der Waals surface area (Å²) >= 11 is 0. The SMILES string of the molecule is CC(C)n1cc(-c2ccc3cnc(CC(=O)c4cccc(OC5CCN(C)CC5)c4)cc3c2)cn1. The first-order valence-electron chi connectivity index (χ1n) is 12.4. The molecule has 5 rings (SSSR count). The van der Waals surface area contributed by atoms with E-state index in [2.05, 4.69) is 60.3 Å². The van der Waals surface area contributed by atoms with Gasteiger partial charge in [0.15, 0.2) is 5.78 Å². The maximum atomic E-state index is 13.1. The Labute approximate surface area is 206 Å². The number of carbonyl (C=O) groups is 1. The van der Waals surface area contributed by atoms with E-state index in [1.165, 1.54) is 0 Å². The molecule has 0 N–H and O–H groups in total. The number of pyridine rings is 1. The van der Waals surface area contributed by atoms with Gasteiger partial charge in [0.1, 0.15) is 11.9 Å². The van der Waals surface area contributed by atoms with E-state index in [-0.39, 0.29) is 18.3 Å². The first-order valence-corrected chi connectivity index (χ1v) is 12.4. The van der Waals surface area contributed by atoms with Crippen LogP contribution in [0.15, 0.2) is 67.1 Å². The number of aromatic nitrogens is 3. The van der Waals surface area contributed by atoms with E-state index in [0.717, 1.165) is 59.3 Å². The van der Waals surface area contributed by atoms with E-state index >= 15 is 0 Å². The molecule has 180 valence electrons. The van der Waals surface area contributed by atoms with Gasteiger partial charge < -0.3 is 9.64 Å². The standard InChI is InChI=1S/C29H32N4O2/c1-20(2)33-19-25(18-31-33)21-7-8-23-17-30-26(14-24(23)13-21)16-29(34)22-5-4-6-28(15-22)35-27-9-11-32(3)12-10-27/h4-8,13-15,17-20,27H,9-12,16H2,1-3H3. The van der Waals surface area contributed by atoms with E-state index in [1.807, 2.05) is 47.4 Å². The third-order valence-corrected chi connectivity index (χ3v) is 6.71. The molecule has 1 fully saturated rings. The van der Waals surface area contributed by atoms with Crippen molar-refractivity contribution in [2.45, 2.75) is 45.3 Å². The number of fused-ring (bicyclic) bond motifs is 1. The zero-order chi connectivity index (χ0) is 24.4. The maximum Gasteiger partial charge on any atom is 0.168 e. The molecule has 2 aromatic carbocycles. The first-order chi connectivity index (χ1) is 16.9. The molecule has 0 amide bonds. The Morgan fingerprint density at radius 3 is 2.63 bits per heavy atom. The van der Waals surface area contributed by atoms with Crippen molar-refractivity contribution in [1.29, 1.82) is 0 Å². The molecule has 0 bridgehead atoms. The maximum absolute atomic E-state index is 13.1. The predicted octanol–water partition coefficient (Wildman–Crippen LogP) is 5.58. The molecule has 0 spiro atoms. The summed E-state index contributed by atoms with van der Waals surface area (Å²) in [6.45, 7) is 6.31. The number of Topliss-reactive ketones (excluding diaryl/α,β-unsaturated/α-hetero) is 1. The number of hydrogen-bond donors (Lipinski definition) is 0. The Morgan fingerprint density at radius 1 is 1.03 bits per heavy atom. The first kappa shape index (κ1) is 23.2. The van der Waals surface area contributed by atoms with Gasteiger partial charge in [-0.15, -0.1) is 0 Å². The largest absolute Gasteiger partial charge is 0.490 e. The molecule has 0 radical (unpaired) electrons. The highest BCUT2D eigenvalue weighted by atomic mass is 16.5. The average Bonchev–Trinajstić information content (AvgIpc) is 3.36. The molecule has 1 saturated heterocycles. The number of hydrogen-bond acceptors (Lipinski definition) is 5. The normalized spacial score (nSPS) is 15.1. The summed E-state index contributed by atoms with van der Waals surface area (Å²) in [7, 11) is 2.14. The minimum atomic E-state index is 0.0417. The monoisotopic (exact) mass is 468 g/mol. The van der Waals surface area contributed by atoms with Gasteiger partial charge in [-0.1, -0.05) is 24.3 Å². The van der Waals surface area contributed by atoms with Crippen LogP contribution < -0.4 is 4.74 Å². The van der Waals surface area contributed by atoms with Gasteiger partial charge in [-0.3, -0.25) is 14.5 Å². The number of rotatable bonds is 7. The molecule has 0 saturated carbocycles. The highest BCUT2D eigenvalue weighted by Gasteiger charge is 2.18. The minimum Gasteiger partial charge on any atom is -0.490 e. The van der Waals surface area contributed by atoms with E-state index in [4.69, 9.17) is 4.74 Å². The van der Waals surface area contributed by atoms with Crippen LogP contribution >= 0.6 is 0 Å². The van der Waals surface area contributed by atoms with Gasteiger partial charge in [0.05, 0.1) is 12.6 Å². The lowest BCUT2D eigenvalue weighted by molar-refractivity contribution is 0.0988. The number of carbonyl (C=O) groups excluding carboxylic acids is 1. The Morgan fingerprint density at radius 2 is 1.86 bits per heavy atom. The Kier molecular flexibility index (Phi) is 6.64. The Bertz CT molecular complexity index is 1340. The van der Waals surface area contributed by atoms with Crippen molar-refractivity contribution in [2.75, 3.05) is 20.1 Å². The number of piperidine rings is 1. The number of likely N-dealkylation sites (tertiary alicyclic amines) is 1. The number of ketones is 1. The molecule has 0 atom stereocenters. The van der Waals surface area contributed by atoms with Crippen molar-refractivity contribution in [3.8, 4) is 16.9 Å². The zero-order valence-electron chi connectivity index (χ0n) is 20.6. The van der Waals surface area contributed by atoms with Crippen LogP contribution in [0, 0.1) is 0 Å². The van der Waals surface area contributed by atoms with E-state index < -0.39 is 0 Å². The van der Waals surface area contributed by atoms with E-state index in [9.17, 15) is 4.79 Å². The molecule has 2 aromatic heterocycles. The van der Waals surface area contributed by atoms with Gasteiger partial charge in [0.25, 0.3) is 0 Å². The molecule has 35 heavy (non-hydrogen) atoms. The quantitative estimate of drug-likeness (QED) is 0.332. The molecule has 6 heteroatoms. The lowest BCUT2D eigenvalue weighted by Crippen LogP contribution is -2.35. The highest BCUT2D eigenvalue weighted by Crippen LogP contribution is 2.26. The second-order valence-electron chi connectivity index (χ2n) is 9.79. The molecule has 1 aliphatic rings. The smallest absolute Gasteiger partial charge is 0.168 e. The van der Waals surface area contributed by atoms with Gasteiger partial charge in [-0.25, -0.2) is 0 Å². The van der Waals surface area contributed by atoms with Crippen LogP contribution in [-0.2, 0) is 6.42 Å². The molecule has 0 unspecified atom stereocenters. The molecule has 6 nitrogen and oxygen atoms in total. The van der Waals surface area contributed by atoms with Crippen LogP contribution in [0.1, 0.15) is 48.8 Å². The Hall–Kier alpha value is -3.51. The molecule has 1 aliphatic heterocycles. The number of nitrogens with zero attached hydrogens (tertiary/aromatic N) is 4. The fourth-order valence-electron chi connectivity index (χ4n) is 4.54. The van der Waals surface area contributed by atoms with Crippen molar-refractivity contribution in [3.05, 3.63) is 78.4 Å². The van der Waals surface area contributed by atoms with E-state index in [0.29, 0.717) is 11.6 Å².